The van der Waals surface area contributed by atoms with E-state index in [0.29, 0.717) is 68.1 Å². The van der Waals surface area contributed by atoms with Gasteiger partial charge in [-0.05, 0) is 31.2 Å². The predicted molar refractivity (Wildman–Crippen MR) is 110 cm³/mol. The number of furan rings is 1. The van der Waals surface area contributed by atoms with E-state index in [0.717, 1.165) is 0 Å². The van der Waals surface area contributed by atoms with Gasteiger partial charge in [0, 0.05) is 37.9 Å². The average molecular weight is 428 g/mol. The van der Waals surface area contributed by atoms with Crippen LogP contribution in [0.2, 0.25) is 0 Å². The fourth-order valence-corrected chi connectivity index (χ4v) is 3.47. The predicted octanol–water partition coefficient (Wildman–Crippen LogP) is 1.47. The number of amides is 4. The molecule has 1 saturated heterocycles. The summed E-state index contributed by atoms with van der Waals surface area (Å²) >= 11 is 0. The van der Waals surface area contributed by atoms with Crippen molar-refractivity contribution >= 4 is 23.5 Å². The van der Waals surface area contributed by atoms with Gasteiger partial charge in [0.2, 0.25) is 5.91 Å². The maximum absolute atomic E-state index is 12.4. The van der Waals surface area contributed by atoms with E-state index in [1.165, 1.54) is 0 Å². The summed E-state index contributed by atoms with van der Waals surface area (Å²) in [5.74, 6) is 1.60. The molecule has 2 aliphatic rings. The van der Waals surface area contributed by atoms with Crippen LogP contribution in [-0.4, -0.2) is 73.6 Å². The lowest BCUT2D eigenvalue weighted by Crippen LogP contribution is -2.51. The minimum Gasteiger partial charge on any atom is -0.486 e. The van der Waals surface area contributed by atoms with Gasteiger partial charge >= 0.3 is 6.03 Å². The molecule has 4 amide bonds. The molecular weight excluding hydrogens is 404 g/mol. The first-order valence-corrected chi connectivity index (χ1v) is 10.1. The van der Waals surface area contributed by atoms with E-state index in [9.17, 15) is 14.4 Å². The number of carbonyl (C=O) groups is 3. The second-order valence-corrected chi connectivity index (χ2v) is 7.34. The topological polar surface area (TPSA) is 113 Å². The third kappa shape index (κ3) is 5.15. The molecule has 164 valence electrons. The number of carbonyl (C=O) groups excluding carboxylic acids is 3. The van der Waals surface area contributed by atoms with Crippen LogP contribution in [0.5, 0.6) is 11.5 Å². The number of imide groups is 1. The molecule has 0 unspecified atom stereocenters. The number of aryl methyl sites for hydroxylation is 1. The molecule has 0 atom stereocenters. The highest BCUT2D eigenvalue weighted by atomic mass is 16.6. The van der Waals surface area contributed by atoms with E-state index in [1.54, 1.807) is 42.2 Å². The van der Waals surface area contributed by atoms with Gasteiger partial charge in [0.25, 0.3) is 5.91 Å². The first kappa shape index (κ1) is 20.7. The Labute approximate surface area is 179 Å². The minimum atomic E-state index is -0.622. The molecule has 3 heterocycles. The van der Waals surface area contributed by atoms with E-state index in [4.69, 9.17) is 13.9 Å². The van der Waals surface area contributed by atoms with Crippen LogP contribution in [0.3, 0.4) is 0 Å². The molecule has 10 nitrogen and oxygen atoms in total. The van der Waals surface area contributed by atoms with Gasteiger partial charge in [-0.25, -0.2) is 4.79 Å². The zero-order chi connectivity index (χ0) is 21.8. The van der Waals surface area contributed by atoms with E-state index < -0.39 is 11.9 Å². The van der Waals surface area contributed by atoms with Crippen molar-refractivity contribution < 1.29 is 28.3 Å². The highest BCUT2D eigenvalue weighted by Crippen LogP contribution is 2.32. The summed E-state index contributed by atoms with van der Waals surface area (Å²) in [6, 6.07) is 7.82. The highest BCUT2D eigenvalue weighted by Gasteiger charge is 2.25. The van der Waals surface area contributed by atoms with E-state index in [-0.39, 0.29) is 12.5 Å². The maximum atomic E-state index is 12.4. The first-order chi connectivity index (χ1) is 15.0. The van der Waals surface area contributed by atoms with E-state index >= 15 is 0 Å². The van der Waals surface area contributed by atoms with Gasteiger partial charge in [-0.1, -0.05) is 0 Å². The van der Waals surface area contributed by atoms with Gasteiger partial charge in [0.05, 0.1) is 6.54 Å². The van der Waals surface area contributed by atoms with Gasteiger partial charge in [-0.3, -0.25) is 19.8 Å². The van der Waals surface area contributed by atoms with Crippen LogP contribution >= 0.6 is 0 Å². The highest BCUT2D eigenvalue weighted by molar-refractivity contribution is 6.01. The van der Waals surface area contributed by atoms with Gasteiger partial charge in [-0.2, -0.15) is 0 Å². The fraction of sp³-hybridized carbons (Fsp3) is 0.381. The van der Waals surface area contributed by atoms with Crippen molar-refractivity contribution in [1.29, 1.82) is 0 Å². The number of nitrogens with one attached hydrogen (secondary N) is 2. The molecule has 10 heteroatoms. The van der Waals surface area contributed by atoms with Gasteiger partial charge in [-0.15, -0.1) is 0 Å². The number of hydrogen-bond acceptors (Lipinski definition) is 7. The summed E-state index contributed by atoms with van der Waals surface area (Å²) in [4.78, 5) is 40.4. The summed E-state index contributed by atoms with van der Waals surface area (Å²) in [6.45, 7) is 4.81. The number of hydrogen-bond donors (Lipinski definition) is 2. The molecule has 2 aliphatic heterocycles. The second kappa shape index (κ2) is 9.09. The quantitative estimate of drug-likeness (QED) is 0.758. The van der Waals surface area contributed by atoms with Crippen molar-refractivity contribution in [2.45, 2.75) is 6.92 Å². The summed E-state index contributed by atoms with van der Waals surface area (Å²) in [6.07, 6.45) is 0. The Bertz CT molecular complexity index is 980. The van der Waals surface area contributed by atoms with Gasteiger partial charge < -0.3 is 24.1 Å². The lowest BCUT2D eigenvalue weighted by molar-refractivity contribution is -0.121. The molecule has 0 saturated carbocycles. The van der Waals surface area contributed by atoms with Crippen molar-refractivity contribution in [2.75, 3.05) is 51.3 Å². The number of anilines is 1. The smallest absolute Gasteiger partial charge is 0.325 e. The molecule has 0 bridgehead atoms. The Hall–Kier alpha value is -3.53. The summed E-state index contributed by atoms with van der Waals surface area (Å²) in [7, 11) is 0. The maximum Gasteiger partial charge on any atom is 0.325 e. The largest absolute Gasteiger partial charge is 0.486 e. The van der Waals surface area contributed by atoms with E-state index in [1.807, 2.05) is 4.90 Å². The molecule has 4 rings (SSSR count). The first-order valence-electron chi connectivity index (χ1n) is 10.1. The van der Waals surface area contributed by atoms with Crippen molar-refractivity contribution in [1.82, 2.24) is 15.1 Å². The van der Waals surface area contributed by atoms with Crippen molar-refractivity contribution in [3.8, 4) is 11.5 Å². The Kier molecular flexibility index (Phi) is 6.08. The molecule has 31 heavy (non-hydrogen) atoms. The number of nitrogens with zero attached hydrogens (tertiary/aromatic N) is 2. The zero-order valence-corrected chi connectivity index (χ0v) is 17.2. The second-order valence-electron chi connectivity index (χ2n) is 7.34. The Morgan fingerprint density at radius 2 is 1.71 bits per heavy atom. The lowest BCUT2D eigenvalue weighted by atomic mass is 10.2. The van der Waals surface area contributed by atoms with Crippen molar-refractivity contribution in [3.63, 3.8) is 0 Å². The van der Waals surface area contributed by atoms with Crippen LogP contribution in [0, 0.1) is 6.92 Å². The molecule has 0 spiro atoms. The molecule has 2 aromatic rings. The summed E-state index contributed by atoms with van der Waals surface area (Å²) in [5, 5.41) is 4.93. The summed E-state index contributed by atoms with van der Waals surface area (Å²) < 4.78 is 16.3. The fourth-order valence-electron chi connectivity index (χ4n) is 3.47. The molecule has 1 fully saturated rings. The summed E-state index contributed by atoms with van der Waals surface area (Å²) in [5.41, 5.74) is 0.495. The normalized spacial score (nSPS) is 16.0. The standard InChI is InChI=1S/C21H24N4O6/c1-14-2-4-17(31-14)20(27)25-8-6-24(7-9-25)13-19(26)23-21(28)22-15-3-5-16-18(12-15)30-11-10-29-16/h2-5,12H,6-11,13H2,1H3,(H2,22,23,26,28). The lowest BCUT2D eigenvalue weighted by Gasteiger charge is -2.33. The number of urea groups is 1. The Morgan fingerprint density at radius 1 is 0.968 bits per heavy atom. The Morgan fingerprint density at radius 3 is 2.42 bits per heavy atom. The number of piperazine rings is 1. The van der Waals surface area contributed by atoms with Crippen LogP contribution in [0.4, 0.5) is 10.5 Å². The number of rotatable bonds is 4. The Balaban J connectivity index is 1.21. The van der Waals surface area contributed by atoms with E-state index in [2.05, 4.69) is 10.6 Å². The van der Waals surface area contributed by atoms with Crippen molar-refractivity contribution in [3.05, 3.63) is 41.9 Å². The van der Waals surface area contributed by atoms with Gasteiger partial charge in [0.15, 0.2) is 17.3 Å². The number of benzene rings is 1. The van der Waals surface area contributed by atoms with Crippen molar-refractivity contribution in [2.24, 2.45) is 0 Å². The minimum absolute atomic E-state index is 0.0659. The average Bonchev–Trinajstić information content (AvgIpc) is 3.20. The molecule has 0 aliphatic carbocycles. The molecule has 0 radical (unpaired) electrons. The van der Waals surface area contributed by atoms with Crippen LogP contribution in [0.1, 0.15) is 16.3 Å². The molecule has 1 aromatic heterocycles. The SMILES string of the molecule is Cc1ccc(C(=O)N2CCN(CC(=O)NC(=O)Nc3ccc4c(c3)OCCO4)CC2)o1. The number of fused-ring (bicyclic) bond motifs is 1. The van der Waals surface area contributed by atoms with Crippen LogP contribution in [-0.2, 0) is 4.79 Å². The van der Waals surface area contributed by atoms with Crippen LogP contribution < -0.4 is 20.1 Å². The van der Waals surface area contributed by atoms with Crippen LogP contribution in [0.25, 0.3) is 0 Å². The molecule has 2 N–H and O–H groups in total. The van der Waals surface area contributed by atoms with Crippen LogP contribution in [0.15, 0.2) is 34.7 Å². The third-order valence-electron chi connectivity index (χ3n) is 5.03. The van der Waals surface area contributed by atoms with Gasteiger partial charge in [0.1, 0.15) is 19.0 Å². The monoisotopic (exact) mass is 428 g/mol. The molecular formula is C21H24N4O6. The zero-order valence-electron chi connectivity index (χ0n) is 17.2. The molecule has 1 aromatic carbocycles. The number of ether oxygens (including phenoxy) is 2. The third-order valence-corrected chi connectivity index (χ3v) is 5.03.